The summed E-state index contributed by atoms with van der Waals surface area (Å²) in [6.07, 6.45) is -1.26. The zero-order chi connectivity index (χ0) is 15.2. The van der Waals surface area contributed by atoms with Gasteiger partial charge in [0.25, 0.3) is 5.91 Å². The molecule has 6 heteroatoms. The number of hydrogen-bond donors (Lipinski definition) is 3. The van der Waals surface area contributed by atoms with E-state index in [2.05, 4.69) is 15.4 Å². The van der Waals surface area contributed by atoms with Gasteiger partial charge in [-0.3, -0.25) is 4.79 Å². The molecule has 0 saturated carbocycles. The van der Waals surface area contributed by atoms with Crippen molar-refractivity contribution >= 4 is 17.6 Å². The van der Waals surface area contributed by atoms with Crippen molar-refractivity contribution in [2.24, 2.45) is 0 Å². The molecular weight excluding hydrogens is 260 g/mol. The van der Waals surface area contributed by atoms with Gasteiger partial charge in [0, 0.05) is 12.2 Å². The first-order valence-corrected chi connectivity index (χ1v) is 6.24. The van der Waals surface area contributed by atoms with Crippen LogP contribution < -0.4 is 10.6 Å². The molecule has 0 aliphatic heterocycles. The van der Waals surface area contributed by atoms with Gasteiger partial charge in [-0.25, -0.2) is 4.79 Å². The lowest BCUT2D eigenvalue weighted by Gasteiger charge is -2.24. The van der Waals surface area contributed by atoms with Crippen molar-refractivity contribution in [2.45, 2.75) is 25.5 Å². The van der Waals surface area contributed by atoms with Gasteiger partial charge in [0.15, 0.2) is 0 Å². The molecule has 0 fully saturated rings. The highest BCUT2D eigenvalue weighted by Crippen LogP contribution is 2.07. The molecule has 6 nitrogen and oxygen atoms in total. The topological polar surface area (TPSA) is 87.7 Å². The average Bonchev–Trinajstić information content (AvgIpc) is 2.44. The van der Waals surface area contributed by atoms with Gasteiger partial charge in [-0.2, -0.15) is 0 Å². The number of benzene rings is 1. The van der Waals surface area contributed by atoms with Crippen molar-refractivity contribution in [1.29, 1.82) is 0 Å². The normalized spacial score (nSPS) is 12.4. The Balaban J connectivity index is 2.49. The summed E-state index contributed by atoms with van der Waals surface area (Å²) >= 11 is 0. The highest BCUT2D eigenvalue weighted by molar-refractivity contribution is 5.89. The third-order valence-corrected chi connectivity index (χ3v) is 2.71. The van der Waals surface area contributed by atoms with Crippen LogP contribution >= 0.6 is 0 Å². The summed E-state index contributed by atoms with van der Waals surface area (Å²) in [6.45, 7) is 3.06. The predicted octanol–water partition coefficient (Wildman–Crippen LogP) is 0.527. The number of ether oxygens (including phenoxy) is 1. The van der Waals surface area contributed by atoms with E-state index in [4.69, 9.17) is 0 Å². The minimum Gasteiger partial charge on any atom is -0.467 e. The number of para-hydroxylation sites is 1. The van der Waals surface area contributed by atoms with E-state index in [0.717, 1.165) is 5.69 Å². The molecule has 1 aromatic carbocycles. The van der Waals surface area contributed by atoms with Crippen LogP contribution in [0.1, 0.15) is 13.8 Å². The van der Waals surface area contributed by atoms with Gasteiger partial charge >= 0.3 is 5.97 Å². The van der Waals surface area contributed by atoms with E-state index in [1.807, 2.05) is 30.3 Å². The first-order valence-electron chi connectivity index (χ1n) is 6.24. The van der Waals surface area contributed by atoms with Crippen LogP contribution in [0.15, 0.2) is 30.3 Å². The van der Waals surface area contributed by atoms with Gasteiger partial charge in [-0.05, 0) is 26.0 Å². The molecule has 0 heterocycles. The Kier molecular flexibility index (Phi) is 5.52. The smallest absolute Gasteiger partial charge is 0.330 e. The first kappa shape index (κ1) is 16.0. The molecular formula is C14H20N2O4. The summed E-state index contributed by atoms with van der Waals surface area (Å²) < 4.78 is 4.57. The van der Waals surface area contributed by atoms with Crippen LogP contribution in [0, 0.1) is 0 Å². The van der Waals surface area contributed by atoms with E-state index >= 15 is 0 Å². The molecule has 1 aromatic rings. The van der Waals surface area contributed by atoms with Crippen molar-refractivity contribution < 1.29 is 19.4 Å². The maximum atomic E-state index is 11.8. The molecule has 1 atom stereocenters. The van der Waals surface area contributed by atoms with Crippen LogP contribution in [0.4, 0.5) is 5.69 Å². The fourth-order valence-electron chi connectivity index (χ4n) is 1.56. The van der Waals surface area contributed by atoms with Crippen molar-refractivity contribution in [1.82, 2.24) is 5.32 Å². The Bertz CT molecular complexity index is 460. The third-order valence-electron chi connectivity index (χ3n) is 2.71. The molecule has 0 saturated heterocycles. The van der Waals surface area contributed by atoms with Crippen LogP contribution in [0.3, 0.4) is 0 Å². The van der Waals surface area contributed by atoms with Crippen LogP contribution in [-0.4, -0.2) is 42.3 Å². The van der Waals surface area contributed by atoms with Gasteiger partial charge in [0.05, 0.1) is 7.11 Å². The number of amides is 1. The van der Waals surface area contributed by atoms with E-state index in [-0.39, 0.29) is 6.54 Å². The molecule has 1 unspecified atom stereocenters. The molecule has 0 spiro atoms. The number of aliphatic hydroxyl groups is 1. The molecule has 3 N–H and O–H groups in total. The van der Waals surface area contributed by atoms with Gasteiger partial charge in [-0.1, -0.05) is 18.2 Å². The summed E-state index contributed by atoms with van der Waals surface area (Å²) in [7, 11) is 1.24. The highest BCUT2D eigenvalue weighted by atomic mass is 16.5. The molecule has 20 heavy (non-hydrogen) atoms. The van der Waals surface area contributed by atoms with E-state index in [9.17, 15) is 14.7 Å². The van der Waals surface area contributed by atoms with Crippen molar-refractivity contribution in [3.63, 3.8) is 0 Å². The van der Waals surface area contributed by atoms with E-state index in [1.54, 1.807) is 0 Å². The number of rotatable bonds is 6. The average molecular weight is 280 g/mol. The molecule has 110 valence electrons. The predicted molar refractivity (Wildman–Crippen MR) is 75.2 cm³/mol. The second kappa shape index (κ2) is 6.91. The Morgan fingerprint density at radius 1 is 1.30 bits per heavy atom. The number of esters is 1. The largest absolute Gasteiger partial charge is 0.467 e. The molecule has 1 rings (SSSR count). The van der Waals surface area contributed by atoms with E-state index in [0.29, 0.717) is 0 Å². The lowest BCUT2D eigenvalue weighted by molar-refractivity contribution is -0.150. The maximum Gasteiger partial charge on any atom is 0.330 e. The lowest BCUT2D eigenvalue weighted by atomic mass is 10.1. The molecule has 0 aliphatic rings. The second-order valence-corrected chi connectivity index (χ2v) is 4.87. The number of aliphatic hydroxyl groups excluding tert-OH is 1. The number of nitrogens with one attached hydrogen (secondary N) is 2. The quantitative estimate of drug-likeness (QED) is 0.662. The Morgan fingerprint density at radius 3 is 2.45 bits per heavy atom. The molecule has 0 bridgehead atoms. The molecule has 0 aromatic heterocycles. The second-order valence-electron chi connectivity index (χ2n) is 4.87. The van der Waals surface area contributed by atoms with Crippen LogP contribution in [0.25, 0.3) is 0 Å². The number of hydrogen-bond acceptors (Lipinski definition) is 5. The van der Waals surface area contributed by atoms with Crippen LogP contribution in [-0.2, 0) is 14.3 Å². The maximum absolute atomic E-state index is 11.8. The summed E-state index contributed by atoms with van der Waals surface area (Å²) in [5.41, 5.74) is -0.383. The van der Waals surface area contributed by atoms with E-state index in [1.165, 1.54) is 21.0 Å². The van der Waals surface area contributed by atoms with Gasteiger partial charge < -0.3 is 20.5 Å². The Labute approximate surface area is 118 Å². The minimum absolute atomic E-state index is 0.0487. The summed E-state index contributed by atoms with van der Waals surface area (Å²) in [6, 6.07) is 9.20. The van der Waals surface area contributed by atoms with Crippen molar-refractivity contribution in [3.05, 3.63) is 30.3 Å². The van der Waals surface area contributed by atoms with Gasteiger partial charge in [0.2, 0.25) is 0 Å². The summed E-state index contributed by atoms with van der Waals surface area (Å²) in [5.74, 6) is -1.21. The SMILES string of the molecule is COC(=O)C(C)(C)NC(=O)C(O)CNc1ccccc1. The van der Waals surface area contributed by atoms with Crippen molar-refractivity contribution in [3.8, 4) is 0 Å². The molecule has 0 radical (unpaired) electrons. The third kappa shape index (κ3) is 4.55. The number of carbonyl (C=O) groups is 2. The van der Waals surface area contributed by atoms with Crippen LogP contribution in [0.2, 0.25) is 0 Å². The number of anilines is 1. The fourth-order valence-corrected chi connectivity index (χ4v) is 1.56. The standard InChI is InChI=1S/C14H20N2O4/c1-14(2,13(19)20-3)16-12(18)11(17)9-15-10-7-5-4-6-8-10/h4-8,11,15,17H,9H2,1-3H3,(H,16,18). The first-order chi connectivity index (χ1) is 9.36. The number of carbonyl (C=O) groups excluding carboxylic acids is 2. The summed E-state index contributed by atoms with van der Waals surface area (Å²) in [4.78, 5) is 23.2. The zero-order valence-corrected chi connectivity index (χ0v) is 11.8. The van der Waals surface area contributed by atoms with Crippen molar-refractivity contribution in [2.75, 3.05) is 19.0 Å². The van der Waals surface area contributed by atoms with Gasteiger partial charge in [0.1, 0.15) is 11.6 Å². The zero-order valence-electron chi connectivity index (χ0n) is 11.8. The highest BCUT2D eigenvalue weighted by Gasteiger charge is 2.32. The fraction of sp³-hybridized carbons (Fsp3) is 0.429. The Morgan fingerprint density at radius 2 is 1.90 bits per heavy atom. The van der Waals surface area contributed by atoms with Gasteiger partial charge in [-0.15, -0.1) is 0 Å². The van der Waals surface area contributed by atoms with Crippen LogP contribution in [0.5, 0.6) is 0 Å². The molecule has 1 amide bonds. The molecule has 0 aliphatic carbocycles. The minimum atomic E-state index is -1.26. The Hall–Kier alpha value is -2.08. The lowest BCUT2D eigenvalue weighted by Crippen LogP contribution is -2.54. The monoisotopic (exact) mass is 280 g/mol. The number of methoxy groups -OCH3 is 1. The van der Waals surface area contributed by atoms with E-state index < -0.39 is 23.5 Å². The summed E-state index contributed by atoms with van der Waals surface area (Å²) in [5, 5.41) is 15.1.